The van der Waals surface area contributed by atoms with Crippen LogP contribution in [0, 0.1) is 17.0 Å². The van der Waals surface area contributed by atoms with E-state index < -0.39 is 4.92 Å². The van der Waals surface area contributed by atoms with Gasteiger partial charge in [0.1, 0.15) is 0 Å². The highest BCUT2D eigenvalue weighted by atomic mass is 32.2. The molecule has 5 rings (SSSR count). The maximum absolute atomic E-state index is 13.3. The van der Waals surface area contributed by atoms with E-state index in [1.807, 2.05) is 38.1 Å². The Balaban J connectivity index is 1.57. The number of carbonyl (C=O) groups excluding carboxylic acids is 1. The zero-order valence-corrected chi connectivity index (χ0v) is 23.1. The summed E-state index contributed by atoms with van der Waals surface area (Å²) in [5.41, 5.74) is 3.57. The van der Waals surface area contributed by atoms with Gasteiger partial charge in [-0.15, -0.1) is 5.10 Å². The lowest BCUT2D eigenvalue weighted by atomic mass is 10.2. The fourth-order valence-electron chi connectivity index (χ4n) is 4.36. The Morgan fingerprint density at radius 1 is 1.05 bits per heavy atom. The Morgan fingerprint density at radius 3 is 2.42 bits per heavy atom. The number of nitro benzene ring substituents is 1. The average Bonchev–Trinajstić information content (AvgIpc) is 3.41. The number of benzene rings is 3. The van der Waals surface area contributed by atoms with Crippen molar-refractivity contribution < 1.29 is 19.2 Å². The third-order valence-corrected chi connectivity index (χ3v) is 7.25. The van der Waals surface area contributed by atoms with E-state index in [1.54, 1.807) is 47.9 Å². The summed E-state index contributed by atoms with van der Waals surface area (Å²) in [5.74, 6) is 1.42. The number of fused-ring (bicyclic) bond motifs is 3. The molecule has 0 aliphatic carbocycles. The van der Waals surface area contributed by atoms with E-state index >= 15 is 0 Å². The summed E-state index contributed by atoms with van der Waals surface area (Å²) in [7, 11) is 3.09. The number of rotatable bonds is 9. The summed E-state index contributed by atoms with van der Waals surface area (Å²) in [6, 6.07) is 17.4. The second-order valence-electron chi connectivity index (χ2n) is 8.86. The van der Waals surface area contributed by atoms with E-state index in [0.29, 0.717) is 51.1 Å². The van der Waals surface area contributed by atoms with E-state index in [2.05, 4.69) is 5.10 Å². The van der Waals surface area contributed by atoms with E-state index in [-0.39, 0.29) is 17.3 Å². The summed E-state index contributed by atoms with van der Waals surface area (Å²) in [6.45, 7) is 4.45. The number of methoxy groups -OCH3 is 2. The number of thioether (sulfide) groups is 1. The van der Waals surface area contributed by atoms with Crippen molar-refractivity contribution in [2.45, 2.75) is 19.0 Å². The Morgan fingerprint density at radius 2 is 1.77 bits per heavy atom. The molecule has 0 atom stereocenters. The van der Waals surface area contributed by atoms with E-state index in [9.17, 15) is 14.9 Å². The predicted octanol–water partition coefficient (Wildman–Crippen LogP) is 5.32. The lowest BCUT2D eigenvalue weighted by Gasteiger charge is -2.21. The summed E-state index contributed by atoms with van der Waals surface area (Å²) >= 11 is 1.25. The van der Waals surface area contributed by atoms with Gasteiger partial charge in [-0.2, -0.15) is 4.52 Å². The smallest absolute Gasteiger partial charge is 0.269 e. The number of nitro groups is 1. The molecule has 204 valence electrons. The second kappa shape index (κ2) is 11.2. The van der Waals surface area contributed by atoms with Gasteiger partial charge in [-0.25, -0.2) is 9.97 Å². The summed E-state index contributed by atoms with van der Waals surface area (Å²) in [5, 5.41) is 16.9. The summed E-state index contributed by atoms with van der Waals surface area (Å²) < 4.78 is 12.6. The minimum Gasteiger partial charge on any atom is -0.493 e. The zero-order chi connectivity index (χ0) is 28.4. The molecule has 0 aliphatic rings. The van der Waals surface area contributed by atoms with E-state index in [4.69, 9.17) is 19.4 Å². The molecule has 0 bridgehead atoms. The van der Waals surface area contributed by atoms with Crippen molar-refractivity contribution in [2.75, 3.05) is 31.4 Å². The maximum Gasteiger partial charge on any atom is 0.269 e. The number of non-ortho nitro benzene ring substituents is 1. The highest BCUT2D eigenvalue weighted by Crippen LogP contribution is 2.35. The fourth-order valence-corrected chi connectivity index (χ4v) is 5.18. The van der Waals surface area contributed by atoms with Crippen LogP contribution in [0.1, 0.15) is 12.5 Å². The van der Waals surface area contributed by atoms with Crippen molar-refractivity contribution in [1.29, 1.82) is 0 Å². The van der Waals surface area contributed by atoms with Gasteiger partial charge in [0.2, 0.25) is 5.91 Å². The summed E-state index contributed by atoms with van der Waals surface area (Å²) in [4.78, 5) is 35.2. The standard InChI is InChI=1S/C28H26N6O5S/c1-5-32(20-8-6-7-17(2)13-20)25(35)16-40-28-29-22-15-24(39-4)23(38-3)14-21(22)27-30-26(31-33(27)28)18-9-11-19(12-10-18)34(36)37/h6-15H,5,16H2,1-4H3. The second-order valence-corrected chi connectivity index (χ2v) is 9.80. The van der Waals surface area contributed by atoms with Crippen molar-refractivity contribution in [3.05, 3.63) is 76.3 Å². The van der Waals surface area contributed by atoms with Crippen LogP contribution in [0.25, 0.3) is 27.9 Å². The Bertz CT molecular complexity index is 1740. The van der Waals surface area contributed by atoms with Crippen LogP contribution >= 0.6 is 11.8 Å². The first-order chi connectivity index (χ1) is 19.3. The molecule has 11 nitrogen and oxygen atoms in total. The van der Waals surface area contributed by atoms with Crippen LogP contribution < -0.4 is 14.4 Å². The maximum atomic E-state index is 13.3. The molecule has 0 saturated heterocycles. The molecule has 0 N–H and O–H groups in total. The molecule has 1 amide bonds. The van der Waals surface area contributed by atoms with Gasteiger partial charge in [-0.05, 0) is 49.7 Å². The van der Waals surface area contributed by atoms with Gasteiger partial charge in [-0.1, -0.05) is 23.9 Å². The van der Waals surface area contributed by atoms with Crippen molar-refractivity contribution in [2.24, 2.45) is 0 Å². The Kier molecular flexibility index (Phi) is 7.52. The topological polar surface area (TPSA) is 125 Å². The first-order valence-corrected chi connectivity index (χ1v) is 13.4. The number of hydrogen-bond donors (Lipinski definition) is 0. The predicted molar refractivity (Wildman–Crippen MR) is 153 cm³/mol. The normalized spacial score (nSPS) is 11.1. The van der Waals surface area contributed by atoms with Crippen molar-refractivity contribution in [3.8, 4) is 22.9 Å². The molecule has 2 heterocycles. The minimum atomic E-state index is -0.458. The molecule has 0 unspecified atom stereocenters. The van der Waals surface area contributed by atoms with Crippen LogP contribution in [0.2, 0.25) is 0 Å². The first-order valence-electron chi connectivity index (χ1n) is 12.4. The first kappa shape index (κ1) is 26.9. The van der Waals surface area contributed by atoms with Crippen LogP contribution in [0.4, 0.5) is 11.4 Å². The molecule has 0 spiro atoms. The number of aryl methyl sites for hydroxylation is 1. The molecular weight excluding hydrogens is 532 g/mol. The minimum absolute atomic E-state index is 0.0275. The molecule has 5 aromatic rings. The zero-order valence-electron chi connectivity index (χ0n) is 22.3. The molecule has 0 fully saturated rings. The Hall–Kier alpha value is -4.71. The SMILES string of the molecule is CCN(C(=O)CSc1nc2cc(OC)c(OC)cc2c2nc(-c3ccc([N+](=O)[O-])cc3)nn12)c1cccc(C)c1. The van der Waals surface area contributed by atoms with Gasteiger partial charge in [-0.3, -0.25) is 14.9 Å². The molecule has 40 heavy (non-hydrogen) atoms. The molecule has 0 aliphatic heterocycles. The average molecular weight is 559 g/mol. The molecule has 2 aromatic heterocycles. The number of aromatic nitrogens is 4. The van der Waals surface area contributed by atoms with Crippen LogP contribution in [-0.2, 0) is 4.79 Å². The van der Waals surface area contributed by atoms with Gasteiger partial charge in [0, 0.05) is 41.4 Å². The van der Waals surface area contributed by atoms with Crippen molar-refractivity contribution >= 4 is 45.6 Å². The monoisotopic (exact) mass is 558 g/mol. The largest absolute Gasteiger partial charge is 0.493 e. The van der Waals surface area contributed by atoms with Gasteiger partial charge < -0.3 is 14.4 Å². The van der Waals surface area contributed by atoms with Crippen LogP contribution in [-0.4, -0.2) is 56.9 Å². The van der Waals surface area contributed by atoms with Crippen molar-refractivity contribution in [3.63, 3.8) is 0 Å². The van der Waals surface area contributed by atoms with Gasteiger partial charge in [0.05, 0.1) is 30.4 Å². The highest BCUT2D eigenvalue weighted by Gasteiger charge is 2.21. The molecule has 0 radical (unpaired) electrons. The lowest BCUT2D eigenvalue weighted by molar-refractivity contribution is -0.384. The molecule has 3 aromatic carbocycles. The fraction of sp³-hybridized carbons (Fsp3) is 0.214. The van der Waals surface area contributed by atoms with Gasteiger partial charge >= 0.3 is 0 Å². The third kappa shape index (κ3) is 5.13. The molecule has 12 heteroatoms. The van der Waals surface area contributed by atoms with Gasteiger partial charge in [0.25, 0.3) is 5.69 Å². The quantitative estimate of drug-likeness (QED) is 0.102. The Labute approximate surface area is 233 Å². The van der Waals surface area contributed by atoms with Crippen molar-refractivity contribution in [1.82, 2.24) is 19.6 Å². The number of anilines is 1. The number of ether oxygens (including phenoxy) is 2. The molecular formula is C28H26N6O5S. The third-order valence-electron chi connectivity index (χ3n) is 6.34. The van der Waals surface area contributed by atoms with Gasteiger partial charge in [0.15, 0.2) is 28.1 Å². The van der Waals surface area contributed by atoms with Crippen LogP contribution in [0.5, 0.6) is 11.5 Å². The number of nitrogens with zero attached hydrogens (tertiary/aromatic N) is 6. The number of carbonyl (C=O) groups is 1. The van der Waals surface area contributed by atoms with Crippen LogP contribution in [0.3, 0.4) is 0 Å². The van der Waals surface area contributed by atoms with E-state index in [0.717, 1.165) is 11.3 Å². The lowest BCUT2D eigenvalue weighted by Crippen LogP contribution is -2.32. The number of hydrogen-bond acceptors (Lipinski definition) is 9. The van der Waals surface area contributed by atoms with Crippen LogP contribution in [0.15, 0.2) is 65.8 Å². The highest BCUT2D eigenvalue weighted by molar-refractivity contribution is 7.99. The van der Waals surface area contributed by atoms with E-state index in [1.165, 1.54) is 23.9 Å². The number of amides is 1. The summed E-state index contributed by atoms with van der Waals surface area (Å²) in [6.07, 6.45) is 0. The molecule has 0 saturated carbocycles.